The van der Waals surface area contributed by atoms with Crippen LogP contribution in [-0.4, -0.2) is 53.2 Å². The highest BCUT2D eigenvalue weighted by atomic mass is 35.5. The Morgan fingerprint density at radius 3 is 2.95 bits per heavy atom. The van der Waals surface area contributed by atoms with E-state index in [2.05, 4.69) is 0 Å². The molecule has 1 aromatic carbocycles. The van der Waals surface area contributed by atoms with Crippen LogP contribution >= 0.6 is 11.6 Å². The van der Waals surface area contributed by atoms with Crippen LogP contribution < -0.4 is 5.73 Å². The molecule has 1 aliphatic heterocycles. The van der Waals surface area contributed by atoms with E-state index in [1.165, 1.54) is 4.90 Å². The first-order valence-corrected chi connectivity index (χ1v) is 6.56. The second kappa shape index (κ2) is 6.25. The maximum Gasteiger partial charge on any atom is 0.271 e. The fraction of sp³-hybridized carbons (Fsp3) is 0.417. The second-order valence-electron chi connectivity index (χ2n) is 4.56. The lowest BCUT2D eigenvalue weighted by atomic mass is 10.1. The van der Waals surface area contributed by atoms with Crippen molar-refractivity contribution < 1.29 is 19.6 Å². The molecule has 9 heteroatoms. The minimum Gasteiger partial charge on any atom is -0.397 e. The number of ether oxygens (including phenoxy) is 1. The zero-order valence-electron chi connectivity index (χ0n) is 11.0. The van der Waals surface area contributed by atoms with Crippen LogP contribution in [0, 0.1) is 10.1 Å². The largest absolute Gasteiger partial charge is 0.397 e. The number of anilines is 1. The van der Waals surface area contributed by atoms with Crippen LogP contribution in [0.25, 0.3) is 0 Å². The number of non-ortho nitro benzene ring substituents is 1. The van der Waals surface area contributed by atoms with Gasteiger partial charge in [0, 0.05) is 18.7 Å². The Kier molecular flexibility index (Phi) is 4.61. The number of nitro benzene ring substituents is 1. The number of nitro groups is 1. The summed E-state index contributed by atoms with van der Waals surface area (Å²) < 4.78 is 5.19. The monoisotopic (exact) mass is 315 g/mol. The number of benzene rings is 1. The Bertz CT molecular complexity index is 580. The number of aliphatic hydroxyl groups excluding tert-OH is 1. The number of aliphatic hydroxyl groups is 1. The van der Waals surface area contributed by atoms with Crippen molar-refractivity contribution in [1.82, 2.24) is 4.90 Å². The van der Waals surface area contributed by atoms with E-state index in [0.29, 0.717) is 6.61 Å². The molecule has 1 heterocycles. The molecule has 3 N–H and O–H groups in total. The molecule has 114 valence electrons. The third-order valence-corrected chi connectivity index (χ3v) is 3.57. The zero-order valence-corrected chi connectivity index (χ0v) is 11.7. The van der Waals surface area contributed by atoms with Crippen molar-refractivity contribution in [3.8, 4) is 0 Å². The number of carbonyl (C=O) groups excluding carboxylic acids is 1. The molecule has 1 aliphatic rings. The number of carbonyl (C=O) groups is 1. The van der Waals surface area contributed by atoms with Crippen molar-refractivity contribution in [3.05, 3.63) is 32.8 Å². The van der Waals surface area contributed by atoms with Crippen LogP contribution in [0.15, 0.2) is 12.1 Å². The number of nitrogens with two attached hydrogens (primary N) is 1. The summed E-state index contributed by atoms with van der Waals surface area (Å²) >= 11 is 5.84. The summed E-state index contributed by atoms with van der Waals surface area (Å²) in [4.78, 5) is 24.1. The molecule has 0 spiro atoms. The van der Waals surface area contributed by atoms with Crippen molar-refractivity contribution in [1.29, 1.82) is 0 Å². The van der Waals surface area contributed by atoms with Crippen molar-refractivity contribution in [2.24, 2.45) is 0 Å². The number of hydrogen-bond donors (Lipinski definition) is 2. The minimum atomic E-state index is -0.648. The lowest BCUT2D eigenvalue weighted by molar-refractivity contribution is -0.384. The minimum absolute atomic E-state index is 0.0181. The standard InChI is InChI=1S/C12H14ClN3O5/c13-10-4-7(16(19)20)3-9(11(10)14)12(18)15-1-2-21-6-8(15)5-17/h3-4,8,17H,1-2,5-6,14H2. The highest BCUT2D eigenvalue weighted by molar-refractivity contribution is 6.34. The van der Waals surface area contributed by atoms with Gasteiger partial charge >= 0.3 is 0 Å². The van der Waals surface area contributed by atoms with Gasteiger partial charge in [0.1, 0.15) is 0 Å². The number of morpholine rings is 1. The molecule has 1 atom stereocenters. The van der Waals surface area contributed by atoms with E-state index in [4.69, 9.17) is 22.1 Å². The average molecular weight is 316 g/mol. The molecule has 1 unspecified atom stereocenters. The van der Waals surface area contributed by atoms with Gasteiger partial charge in [-0.15, -0.1) is 0 Å². The second-order valence-corrected chi connectivity index (χ2v) is 4.96. The van der Waals surface area contributed by atoms with Gasteiger partial charge < -0.3 is 20.5 Å². The zero-order chi connectivity index (χ0) is 15.6. The normalized spacial score (nSPS) is 18.6. The van der Waals surface area contributed by atoms with E-state index in [1.807, 2.05) is 0 Å². The van der Waals surface area contributed by atoms with E-state index in [1.54, 1.807) is 0 Å². The van der Waals surface area contributed by atoms with Crippen LogP contribution in [0.4, 0.5) is 11.4 Å². The molecule has 0 saturated carbocycles. The quantitative estimate of drug-likeness (QED) is 0.480. The lowest BCUT2D eigenvalue weighted by Crippen LogP contribution is -2.50. The van der Waals surface area contributed by atoms with Gasteiger partial charge in [0.05, 0.1) is 47.1 Å². The first-order chi connectivity index (χ1) is 9.95. The number of halogens is 1. The molecule has 8 nitrogen and oxygen atoms in total. The molecule has 0 bridgehead atoms. The van der Waals surface area contributed by atoms with Crippen LogP contribution in [0.2, 0.25) is 5.02 Å². The summed E-state index contributed by atoms with van der Waals surface area (Å²) in [6.45, 7) is 0.522. The highest BCUT2D eigenvalue weighted by Gasteiger charge is 2.30. The average Bonchev–Trinajstić information content (AvgIpc) is 2.48. The highest BCUT2D eigenvalue weighted by Crippen LogP contribution is 2.30. The van der Waals surface area contributed by atoms with E-state index < -0.39 is 16.9 Å². The Labute approximate surface area is 125 Å². The molecular weight excluding hydrogens is 302 g/mol. The fourth-order valence-electron chi connectivity index (χ4n) is 2.11. The van der Waals surface area contributed by atoms with Gasteiger partial charge in [-0.05, 0) is 0 Å². The molecule has 0 aromatic heterocycles. The number of amides is 1. The molecule has 2 rings (SSSR count). The summed E-state index contributed by atoms with van der Waals surface area (Å²) in [6, 6.07) is 1.67. The first-order valence-electron chi connectivity index (χ1n) is 6.18. The van der Waals surface area contributed by atoms with E-state index in [-0.39, 0.29) is 41.7 Å². The Hall–Kier alpha value is -1.90. The van der Waals surface area contributed by atoms with Gasteiger partial charge in [-0.25, -0.2) is 0 Å². The molecule has 1 fully saturated rings. The van der Waals surface area contributed by atoms with Gasteiger partial charge in [0.15, 0.2) is 0 Å². The molecule has 1 saturated heterocycles. The van der Waals surface area contributed by atoms with Crippen LogP contribution in [0.5, 0.6) is 0 Å². The number of rotatable bonds is 3. The van der Waals surface area contributed by atoms with Crippen molar-refractivity contribution in [3.63, 3.8) is 0 Å². The SMILES string of the molecule is Nc1c(Cl)cc([N+](=O)[O-])cc1C(=O)N1CCOCC1CO. The van der Waals surface area contributed by atoms with E-state index in [9.17, 15) is 20.0 Å². The van der Waals surface area contributed by atoms with E-state index >= 15 is 0 Å². The molecule has 0 radical (unpaired) electrons. The predicted molar refractivity (Wildman–Crippen MR) is 75.2 cm³/mol. The summed E-state index contributed by atoms with van der Waals surface area (Å²) in [5.41, 5.74) is 5.37. The molecule has 1 amide bonds. The summed E-state index contributed by atoms with van der Waals surface area (Å²) in [7, 11) is 0. The van der Waals surface area contributed by atoms with Crippen LogP contribution in [0.3, 0.4) is 0 Å². The van der Waals surface area contributed by atoms with Crippen molar-refractivity contribution in [2.75, 3.05) is 32.1 Å². The summed E-state index contributed by atoms with van der Waals surface area (Å²) in [5.74, 6) is -0.513. The first kappa shape index (κ1) is 15.5. The van der Waals surface area contributed by atoms with Gasteiger partial charge in [-0.3, -0.25) is 14.9 Å². The van der Waals surface area contributed by atoms with Gasteiger partial charge in [0.2, 0.25) is 0 Å². The number of nitrogens with zero attached hydrogens (tertiary/aromatic N) is 2. The smallest absolute Gasteiger partial charge is 0.271 e. The summed E-state index contributed by atoms with van der Waals surface area (Å²) in [5, 5.41) is 20.1. The van der Waals surface area contributed by atoms with Crippen molar-refractivity contribution in [2.45, 2.75) is 6.04 Å². The third kappa shape index (κ3) is 3.07. The summed E-state index contributed by atoms with van der Waals surface area (Å²) in [6.07, 6.45) is 0. The third-order valence-electron chi connectivity index (χ3n) is 3.25. The van der Waals surface area contributed by atoms with Crippen LogP contribution in [0.1, 0.15) is 10.4 Å². The predicted octanol–water partition coefficient (Wildman–Crippen LogP) is 0.664. The van der Waals surface area contributed by atoms with E-state index in [0.717, 1.165) is 12.1 Å². The molecule has 21 heavy (non-hydrogen) atoms. The van der Waals surface area contributed by atoms with Crippen LogP contribution in [-0.2, 0) is 4.74 Å². The molecule has 1 aromatic rings. The maximum atomic E-state index is 12.5. The fourth-order valence-corrected chi connectivity index (χ4v) is 2.33. The van der Waals surface area contributed by atoms with Gasteiger partial charge in [0.25, 0.3) is 11.6 Å². The number of hydrogen-bond acceptors (Lipinski definition) is 6. The number of nitrogen functional groups attached to an aromatic ring is 1. The topological polar surface area (TPSA) is 119 Å². The lowest BCUT2D eigenvalue weighted by Gasteiger charge is -2.34. The van der Waals surface area contributed by atoms with Gasteiger partial charge in [-0.1, -0.05) is 11.6 Å². The maximum absolute atomic E-state index is 12.5. The molecular formula is C12H14ClN3O5. The Balaban J connectivity index is 2.40. The van der Waals surface area contributed by atoms with Crippen molar-refractivity contribution >= 4 is 28.9 Å². The Morgan fingerprint density at radius 2 is 2.33 bits per heavy atom. The molecule has 0 aliphatic carbocycles. The van der Waals surface area contributed by atoms with Gasteiger partial charge in [-0.2, -0.15) is 0 Å². The Morgan fingerprint density at radius 1 is 1.62 bits per heavy atom.